The first kappa shape index (κ1) is 21.5. The largest absolute Gasteiger partial charge is 0.325 e. The fraction of sp³-hybridized carbons (Fsp3) is 0.0500. The molecule has 1 heterocycles. The molecule has 8 nitrogen and oxygen atoms in total. The van der Waals surface area contributed by atoms with Crippen LogP contribution in [0.15, 0.2) is 76.5 Å². The highest BCUT2D eigenvalue weighted by Crippen LogP contribution is 2.30. The first-order chi connectivity index (χ1) is 14.2. The number of amides is 3. The summed E-state index contributed by atoms with van der Waals surface area (Å²) in [6.07, 6.45) is 4.99. The zero-order valence-electron chi connectivity index (χ0n) is 15.5. The number of allylic oxidation sites excluding steroid dienone is 2. The third-order valence-corrected chi connectivity index (χ3v) is 5.83. The maximum Gasteiger partial charge on any atom is 0.294 e. The van der Waals surface area contributed by atoms with Gasteiger partial charge in [-0.05, 0) is 47.7 Å². The molecule has 0 bridgehead atoms. The summed E-state index contributed by atoms with van der Waals surface area (Å²) in [4.78, 5) is 37.7. The van der Waals surface area contributed by atoms with Crippen molar-refractivity contribution in [2.75, 3.05) is 11.9 Å². The number of hydrogen-bond donors (Lipinski definition) is 2. The predicted molar refractivity (Wildman–Crippen MR) is 115 cm³/mol. The van der Waals surface area contributed by atoms with E-state index in [-0.39, 0.29) is 9.80 Å². The molecule has 0 aromatic heterocycles. The summed E-state index contributed by atoms with van der Waals surface area (Å²) < 4.78 is 22.5. The van der Waals surface area contributed by atoms with Crippen molar-refractivity contribution < 1.29 is 22.8 Å². The Morgan fingerprint density at radius 1 is 1.07 bits per heavy atom. The molecule has 1 aliphatic rings. The van der Waals surface area contributed by atoms with Crippen molar-refractivity contribution in [1.82, 2.24) is 4.90 Å². The molecule has 10 heteroatoms. The second-order valence-electron chi connectivity index (χ2n) is 6.18. The van der Waals surface area contributed by atoms with Gasteiger partial charge in [-0.2, -0.15) is 0 Å². The van der Waals surface area contributed by atoms with Gasteiger partial charge in [-0.3, -0.25) is 19.3 Å². The highest BCUT2D eigenvalue weighted by atomic mass is 32.2. The molecule has 1 saturated heterocycles. The summed E-state index contributed by atoms with van der Waals surface area (Å²) >= 11 is 0.757. The lowest BCUT2D eigenvalue weighted by Gasteiger charge is -2.12. The van der Waals surface area contributed by atoms with Gasteiger partial charge >= 0.3 is 0 Å². The summed E-state index contributed by atoms with van der Waals surface area (Å²) in [5.41, 5.74) is 1.25. The van der Waals surface area contributed by atoms with Crippen LogP contribution in [0, 0.1) is 0 Å². The molecule has 2 aromatic carbocycles. The number of benzene rings is 2. The highest BCUT2D eigenvalue weighted by molar-refractivity contribution is 8.18. The van der Waals surface area contributed by atoms with E-state index >= 15 is 0 Å². The molecule has 3 N–H and O–H groups in total. The van der Waals surface area contributed by atoms with Crippen LogP contribution in [0.5, 0.6) is 0 Å². The smallest absolute Gasteiger partial charge is 0.294 e. The molecular weight excluding hydrogens is 426 g/mol. The minimum absolute atomic E-state index is 0.0971. The fourth-order valence-electron chi connectivity index (χ4n) is 2.53. The number of anilines is 1. The molecule has 30 heavy (non-hydrogen) atoms. The first-order valence-corrected chi connectivity index (χ1v) is 11.0. The summed E-state index contributed by atoms with van der Waals surface area (Å²) in [7, 11) is -3.84. The third-order valence-electron chi connectivity index (χ3n) is 3.98. The van der Waals surface area contributed by atoms with Crippen molar-refractivity contribution in [1.29, 1.82) is 0 Å². The van der Waals surface area contributed by atoms with Gasteiger partial charge in [0.2, 0.25) is 15.9 Å². The Labute approximate surface area is 177 Å². The Bertz CT molecular complexity index is 1140. The Balaban J connectivity index is 1.61. The zero-order chi connectivity index (χ0) is 21.7. The van der Waals surface area contributed by atoms with Crippen molar-refractivity contribution in [2.24, 2.45) is 5.14 Å². The summed E-state index contributed by atoms with van der Waals surface area (Å²) in [6, 6.07) is 14.7. The minimum Gasteiger partial charge on any atom is -0.325 e. The van der Waals surface area contributed by atoms with Crippen LogP contribution in [-0.4, -0.2) is 36.9 Å². The predicted octanol–water partition coefficient (Wildman–Crippen LogP) is 2.57. The maximum atomic E-state index is 12.4. The third kappa shape index (κ3) is 5.44. The lowest BCUT2D eigenvalue weighted by molar-refractivity contribution is -0.127. The lowest BCUT2D eigenvalue weighted by atomic mass is 10.2. The van der Waals surface area contributed by atoms with Crippen LogP contribution in [0.2, 0.25) is 0 Å². The Hall–Kier alpha value is -3.21. The van der Waals surface area contributed by atoms with Gasteiger partial charge in [-0.15, -0.1) is 0 Å². The van der Waals surface area contributed by atoms with Gasteiger partial charge in [0.15, 0.2) is 0 Å². The second kappa shape index (κ2) is 9.08. The van der Waals surface area contributed by atoms with Crippen LogP contribution in [0.25, 0.3) is 6.08 Å². The topological polar surface area (TPSA) is 127 Å². The SMILES string of the molecule is NS(=O)(=O)c1ccc(NC(=O)CN2C(=O)SC(=CC=Cc3ccccc3)C2=O)cc1. The standard InChI is InChI=1S/C20H17N3O5S2/c21-30(27,28)16-11-9-15(10-12-16)22-18(24)13-23-19(25)17(29-20(23)26)8-4-7-14-5-2-1-3-6-14/h1-12H,13H2,(H,22,24)(H2,21,27,28). The van der Waals surface area contributed by atoms with Crippen LogP contribution in [0.4, 0.5) is 10.5 Å². The molecule has 0 radical (unpaired) electrons. The molecule has 2 aromatic rings. The van der Waals surface area contributed by atoms with Crippen LogP contribution in [0.1, 0.15) is 5.56 Å². The van der Waals surface area contributed by atoms with Crippen molar-refractivity contribution in [2.45, 2.75) is 4.90 Å². The van der Waals surface area contributed by atoms with Gasteiger partial charge in [-0.25, -0.2) is 13.6 Å². The zero-order valence-corrected chi connectivity index (χ0v) is 17.2. The molecule has 0 aliphatic carbocycles. The van der Waals surface area contributed by atoms with E-state index in [1.807, 2.05) is 30.3 Å². The van der Waals surface area contributed by atoms with Crippen molar-refractivity contribution in [3.8, 4) is 0 Å². The first-order valence-electron chi connectivity index (χ1n) is 8.64. The molecule has 1 aliphatic heterocycles. The molecule has 0 spiro atoms. The molecule has 0 atom stereocenters. The van der Waals surface area contributed by atoms with Crippen molar-refractivity contribution in [3.63, 3.8) is 0 Å². The van der Waals surface area contributed by atoms with E-state index < -0.39 is 33.6 Å². The van der Waals surface area contributed by atoms with E-state index in [1.54, 1.807) is 12.2 Å². The minimum atomic E-state index is -3.84. The number of nitrogens with two attached hydrogens (primary N) is 1. The Morgan fingerprint density at radius 3 is 2.37 bits per heavy atom. The van der Waals surface area contributed by atoms with Crippen molar-refractivity contribution >= 4 is 50.6 Å². The molecule has 3 amide bonds. The molecule has 0 unspecified atom stereocenters. The summed E-state index contributed by atoms with van der Waals surface area (Å²) in [5, 5.41) is 6.98. The number of primary sulfonamides is 1. The Kier molecular flexibility index (Phi) is 6.50. The number of thioether (sulfide) groups is 1. The molecule has 154 valence electrons. The van der Waals surface area contributed by atoms with Crippen LogP contribution in [-0.2, 0) is 19.6 Å². The van der Waals surface area contributed by atoms with E-state index in [9.17, 15) is 22.8 Å². The normalized spacial score (nSPS) is 15.9. The van der Waals surface area contributed by atoms with Gasteiger partial charge in [-0.1, -0.05) is 42.5 Å². The molecule has 3 rings (SSSR count). The number of rotatable bonds is 6. The maximum absolute atomic E-state index is 12.4. The summed E-state index contributed by atoms with van der Waals surface area (Å²) in [5.74, 6) is -1.15. The molecular formula is C20H17N3O5S2. The van der Waals surface area contributed by atoms with E-state index in [1.165, 1.54) is 30.3 Å². The number of sulfonamides is 1. The molecule has 0 saturated carbocycles. The number of nitrogens with zero attached hydrogens (tertiary/aromatic N) is 1. The van der Waals surface area contributed by atoms with Crippen LogP contribution < -0.4 is 10.5 Å². The molecule has 1 fully saturated rings. The van der Waals surface area contributed by atoms with E-state index in [4.69, 9.17) is 5.14 Å². The Morgan fingerprint density at radius 2 is 1.73 bits per heavy atom. The fourth-order valence-corrected chi connectivity index (χ4v) is 3.84. The van der Waals surface area contributed by atoms with Gasteiger partial charge in [0.1, 0.15) is 6.54 Å². The van der Waals surface area contributed by atoms with E-state index in [0.29, 0.717) is 5.69 Å². The average Bonchev–Trinajstić information content (AvgIpc) is 2.96. The average molecular weight is 444 g/mol. The summed E-state index contributed by atoms with van der Waals surface area (Å²) in [6.45, 7) is -0.457. The second-order valence-corrected chi connectivity index (χ2v) is 8.73. The number of carbonyl (C=O) groups is 3. The number of imide groups is 1. The van der Waals surface area contributed by atoms with Gasteiger partial charge in [0.25, 0.3) is 11.1 Å². The van der Waals surface area contributed by atoms with Crippen LogP contribution in [0.3, 0.4) is 0 Å². The monoisotopic (exact) mass is 443 g/mol. The van der Waals surface area contributed by atoms with E-state index in [0.717, 1.165) is 22.2 Å². The lowest BCUT2D eigenvalue weighted by Crippen LogP contribution is -2.36. The quantitative estimate of drug-likeness (QED) is 0.661. The van der Waals surface area contributed by atoms with E-state index in [2.05, 4.69) is 5.32 Å². The number of nitrogens with one attached hydrogen (secondary N) is 1. The van der Waals surface area contributed by atoms with Crippen molar-refractivity contribution in [3.05, 3.63) is 77.2 Å². The van der Waals surface area contributed by atoms with Gasteiger partial charge < -0.3 is 5.32 Å². The number of carbonyl (C=O) groups excluding carboxylic acids is 3. The van der Waals surface area contributed by atoms with Gasteiger partial charge in [0.05, 0.1) is 9.80 Å². The highest BCUT2D eigenvalue weighted by Gasteiger charge is 2.35. The van der Waals surface area contributed by atoms with Crippen LogP contribution >= 0.6 is 11.8 Å². The van der Waals surface area contributed by atoms with Gasteiger partial charge in [0, 0.05) is 5.69 Å². The number of hydrogen-bond acceptors (Lipinski definition) is 6.